The molecule has 4 rings (SSSR count). The number of hydrogen-bond donors (Lipinski definition) is 1. The molecule has 1 N–H and O–H groups in total. The lowest BCUT2D eigenvalue weighted by Gasteiger charge is -2.60. The molecule has 0 amide bonds. The molecule has 0 aliphatic heterocycles. The highest BCUT2D eigenvalue weighted by Crippen LogP contribution is 2.65. The van der Waals surface area contributed by atoms with Gasteiger partial charge in [-0.25, -0.2) is 0 Å². The number of nitrogens with zero attached hydrogens (tertiary/aromatic N) is 1. The van der Waals surface area contributed by atoms with Gasteiger partial charge in [-0.1, -0.05) is 19.0 Å². The zero-order valence-electron chi connectivity index (χ0n) is 16.0. The van der Waals surface area contributed by atoms with Gasteiger partial charge < -0.3 is 9.94 Å². The maximum absolute atomic E-state index is 11.3. The summed E-state index contributed by atoms with van der Waals surface area (Å²) in [5.41, 5.74) is 1.59. The Morgan fingerprint density at radius 2 is 1.92 bits per heavy atom. The Labute approximate surface area is 151 Å². The fourth-order valence-corrected chi connectivity index (χ4v) is 7.51. The molecule has 0 aromatic rings. The van der Waals surface area contributed by atoms with Crippen LogP contribution in [0.25, 0.3) is 0 Å². The molecule has 4 fully saturated rings. The minimum absolute atomic E-state index is 0.127. The van der Waals surface area contributed by atoms with E-state index < -0.39 is 0 Å². The largest absolute Gasteiger partial charge is 0.463 e. The second kappa shape index (κ2) is 5.99. The molecule has 4 nitrogen and oxygen atoms in total. The maximum Gasteiger partial charge on any atom is 0.302 e. The van der Waals surface area contributed by atoms with Crippen LogP contribution in [0.15, 0.2) is 5.16 Å². The highest BCUT2D eigenvalue weighted by Gasteiger charge is 2.59. The van der Waals surface area contributed by atoms with Crippen molar-refractivity contribution in [2.75, 3.05) is 0 Å². The summed E-state index contributed by atoms with van der Waals surface area (Å²) in [6, 6.07) is 0. The molecule has 4 aliphatic rings. The molecule has 4 heteroatoms. The molecule has 4 aliphatic carbocycles. The number of rotatable bonds is 1. The van der Waals surface area contributed by atoms with Crippen molar-refractivity contribution in [1.29, 1.82) is 0 Å². The Hall–Kier alpha value is -1.06. The first kappa shape index (κ1) is 17.4. The van der Waals surface area contributed by atoms with Gasteiger partial charge in [-0.05, 0) is 86.9 Å². The van der Waals surface area contributed by atoms with Gasteiger partial charge in [0.15, 0.2) is 0 Å². The Morgan fingerprint density at radius 3 is 2.64 bits per heavy atom. The fraction of sp³-hybridized carbons (Fsp3) is 0.905. The van der Waals surface area contributed by atoms with E-state index in [1.54, 1.807) is 0 Å². The van der Waals surface area contributed by atoms with E-state index in [1.807, 2.05) is 0 Å². The van der Waals surface area contributed by atoms with E-state index in [-0.39, 0.29) is 17.5 Å². The van der Waals surface area contributed by atoms with Crippen LogP contribution in [0.3, 0.4) is 0 Å². The van der Waals surface area contributed by atoms with Gasteiger partial charge in [0.25, 0.3) is 0 Å². The van der Waals surface area contributed by atoms with Crippen LogP contribution in [0, 0.1) is 34.5 Å². The second-order valence-corrected chi connectivity index (χ2v) is 9.70. The monoisotopic (exact) mass is 347 g/mol. The summed E-state index contributed by atoms with van der Waals surface area (Å²) >= 11 is 0. The average molecular weight is 347 g/mol. The zero-order valence-corrected chi connectivity index (χ0v) is 16.0. The topological polar surface area (TPSA) is 58.9 Å². The molecule has 0 radical (unpaired) electrons. The summed E-state index contributed by atoms with van der Waals surface area (Å²) in [4.78, 5) is 11.3. The molecular formula is C21H33NO3. The van der Waals surface area contributed by atoms with Crippen molar-refractivity contribution in [1.82, 2.24) is 0 Å². The first-order valence-corrected chi connectivity index (χ1v) is 10.3. The maximum atomic E-state index is 11.3. The zero-order chi connectivity index (χ0) is 17.8. The number of fused-ring (bicyclic) bond motifs is 5. The molecule has 0 aromatic carbocycles. The van der Waals surface area contributed by atoms with Crippen LogP contribution < -0.4 is 0 Å². The van der Waals surface area contributed by atoms with Crippen molar-refractivity contribution in [3.05, 3.63) is 0 Å². The van der Waals surface area contributed by atoms with Crippen LogP contribution in [-0.4, -0.2) is 23.0 Å². The van der Waals surface area contributed by atoms with Crippen molar-refractivity contribution < 1.29 is 14.7 Å². The van der Waals surface area contributed by atoms with Gasteiger partial charge in [-0.2, -0.15) is 0 Å². The Bertz CT molecular complexity index is 588. The predicted molar refractivity (Wildman–Crippen MR) is 96.5 cm³/mol. The summed E-state index contributed by atoms with van der Waals surface area (Å²) in [5, 5.41) is 13.1. The lowest BCUT2D eigenvalue weighted by molar-refractivity contribution is -0.158. The Kier molecular flexibility index (Phi) is 4.16. The number of hydrogen-bond acceptors (Lipinski definition) is 4. The fourth-order valence-electron chi connectivity index (χ4n) is 7.51. The highest BCUT2D eigenvalue weighted by atomic mass is 16.5. The molecular weight excluding hydrogens is 314 g/mol. The van der Waals surface area contributed by atoms with Crippen LogP contribution in [0.5, 0.6) is 0 Å². The first-order valence-electron chi connectivity index (χ1n) is 10.3. The molecule has 0 heterocycles. The van der Waals surface area contributed by atoms with Gasteiger partial charge in [0.05, 0.1) is 5.71 Å². The van der Waals surface area contributed by atoms with Gasteiger partial charge >= 0.3 is 5.97 Å². The predicted octanol–water partition coefficient (Wildman–Crippen LogP) is 4.79. The van der Waals surface area contributed by atoms with Crippen LogP contribution in [-0.2, 0) is 9.53 Å². The second-order valence-electron chi connectivity index (χ2n) is 9.70. The van der Waals surface area contributed by atoms with E-state index in [0.29, 0.717) is 17.3 Å². The number of ether oxygens (including phenoxy) is 1. The van der Waals surface area contributed by atoms with E-state index in [1.165, 1.54) is 45.4 Å². The number of carbonyl (C=O) groups excluding carboxylic acids is 1. The van der Waals surface area contributed by atoms with Crippen LogP contribution >= 0.6 is 0 Å². The van der Waals surface area contributed by atoms with E-state index >= 15 is 0 Å². The van der Waals surface area contributed by atoms with Gasteiger partial charge in [0.2, 0.25) is 0 Å². The quantitative estimate of drug-likeness (QED) is 0.421. The minimum Gasteiger partial charge on any atom is -0.463 e. The van der Waals surface area contributed by atoms with Crippen molar-refractivity contribution in [2.45, 2.75) is 84.7 Å². The Balaban J connectivity index is 1.55. The third kappa shape index (κ3) is 2.54. The van der Waals surface area contributed by atoms with Crippen molar-refractivity contribution in [3.63, 3.8) is 0 Å². The molecule has 0 spiro atoms. The van der Waals surface area contributed by atoms with Gasteiger partial charge in [-0.3, -0.25) is 4.79 Å². The van der Waals surface area contributed by atoms with Crippen LogP contribution in [0.1, 0.15) is 78.6 Å². The lowest BCUT2D eigenvalue weighted by atomic mass is 9.45. The van der Waals surface area contributed by atoms with Crippen LogP contribution in [0.4, 0.5) is 0 Å². The molecule has 25 heavy (non-hydrogen) atoms. The summed E-state index contributed by atoms with van der Waals surface area (Å²) in [6.07, 6.45) is 10.6. The standard InChI is InChI=1S/C21H33NO3/c1-13(23)25-15-8-10-20(2)14(12-15)4-5-16-17-6-7-19(22-24)21(17,3)11-9-18(16)20/h14-18,24H,4-12H2,1-3H3. The molecule has 0 bridgehead atoms. The summed E-state index contributed by atoms with van der Waals surface area (Å²) in [7, 11) is 0. The van der Waals surface area contributed by atoms with E-state index in [2.05, 4.69) is 19.0 Å². The van der Waals surface area contributed by atoms with E-state index in [9.17, 15) is 10.0 Å². The number of carbonyl (C=O) groups is 1. The molecule has 0 aromatic heterocycles. The lowest BCUT2D eigenvalue weighted by Crippen LogP contribution is -2.54. The van der Waals surface area contributed by atoms with Gasteiger partial charge in [0, 0.05) is 12.3 Å². The number of oxime groups is 1. The average Bonchev–Trinajstić information content (AvgIpc) is 2.91. The minimum atomic E-state index is -0.127. The highest BCUT2D eigenvalue weighted by molar-refractivity contribution is 5.91. The van der Waals surface area contributed by atoms with Crippen LogP contribution in [0.2, 0.25) is 0 Å². The smallest absolute Gasteiger partial charge is 0.302 e. The third-order valence-electron chi connectivity index (χ3n) is 8.81. The molecule has 140 valence electrons. The molecule has 0 saturated heterocycles. The third-order valence-corrected chi connectivity index (χ3v) is 8.81. The Morgan fingerprint density at radius 1 is 1.12 bits per heavy atom. The SMILES string of the molecule is CC(=O)OC1CCC2(C)C(CCC3C4CCC(=NO)C4(C)CCC32)C1. The van der Waals surface area contributed by atoms with Gasteiger partial charge in [-0.15, -0.1) is 0 Å². The normalized spacial score (nSPS) is 50.7. The summed E-state index contributed by atoms with van der Waals surface area (Å²) < 4.78 is 5.55. The molecule has 7 atom stereocenters. The van der Waals surface area contributed by atoms with E-state index in [4.69, 9.17) is 4.74 Å². The first-order chi connectivity index (χ1) is 11.9. The van der Waals surface area contributed by atoms with Crippen molar-refractivity contribution in [3.8, 4) is 0 Å². The summed E-state index contributed by atoms with van der Waals surface area (Å²) in [5.74, 6) is 2.84. The summed E-state index contributed by atoms with van der Waals surface area (Å²) in [6.45, 7) is 6.41. The van der Waals surface area contributed by atoms with Crippen molar-refractivity contribution in [2.24, 2.45) is 39.7 Å². The van der Waals surface area contributed by atoms with E-state index in [0.717, 1.165) is 36.8 Å². The molecule has 7 unspecified atom stereocenters. The van der Waals surface area contributed by atoms with Crippen molar-refractivity contribution >= 4 is 11.7 Å². The van der Waals surface area contributed by atoms with Gasteiger partial charge in [0.1, 0.15) is 6.10 Å². The number of esters is 1. The molecule has 4 saturated carbocycles.